The van der Waals surface area contributed by atoms with E-state index in [0.717, 1.165) is 58.1 Å². The quantitative estimate of drug-likeness (QED) is 0.883. The van der Waals surface area contributed by atoms with Crippen molar-refractivity contribution in [2.24, 2.45) is 0 Å². The molecule has 1 atom stereocenters. The van der Waals surface area contributed by atoms with Crippen LogP contribution in [0.1, 0.15) is 32.1 Å². The molecule has 6 nitrogen and oxygen atoms in total. The Morgan fingerprint density at radius 3 is 2.37 bits per heavy atom. The van der Waals surface area contributed by atoms with E-state index in [0.29, 0.717) is 6.10 Å². The zero-order valence-corrected chi connectivity index (χ0v) is 16.2. The largest absolute Gasteiger partial charge is 0.377 e. The second-order valence-electron chi connectivity index (χ2n) is 7.95. The standard InChI is InChI=1S/C21H32N4O2/c26-21(25-14-12-23(13-15-25)17-20-5-4-16-27-20)22-18-6-8-19(9-7-18)24-10-2-1-3-11-24/h6-9,20H,1-5,10-17H2,(H,22,26). The summed E-state index contributed by atoms with van der Waals surface area (Å²) < 4.78 is 5.72. The van der Waals surface area contributed by atoms with Crippen molar-refractivity contribution in [3.8, 4) is 0 Å². The number of urea groups is 1. The Kier molecular flexibility index (Phi) is 6.14. The fraction of sp³-hybridized carbons (Fsp3) is 0.667. The molecule has 1 aromatic carbocycles. The topological polar surface area (TPSA) is 48.1 Å². The Bertz CT molecular complexity index is 601. The zero-order valence-electron chi connectivity index (χ0n) is 16.2. The van der Waals surface area contributed by atoms with Crippen molar-refractivity contribution in [2.45, 2.75) is 38.2 Å². The Morgan fingerprint density at radius 1 is 0.963 bits per heavy atom. The van der Waals surface area contributed by atoms with Gasteiger partial charge in [0.25, 0.3) is 0 Å². The summed E-state index contributed by atoms with van der Waals surface area (Å²) in [5.74, 6) is 0. The van der Waals surface area contributed by atoms with Crippen LogP contribution in [0.2, 0.25) is 0 Å². The summed E-state index contributed by atoms with van der Waals surface area (Å²) in [6.07, 6.45) is 6.64. The third kappa shape index (κ3) is 4.93. The van der Waals surface area contributed by atoms with Crippen molar-refractivity contribution >= 4 is 17.4 Å². The summed E-state index contributed by atoms with van der Waals surface area (Å²) in [6, 6.07) is 8.31. The van der Waals surface area contributed by atoms with Crippen LogP contribution in [0.3, 0.4) is 0 Å². The number of hydrogen-bond donors (Lipinski definition) is 1. The van der Waals surface area contributed by atoms with E-state index in [-0.39, 0.29) is 6.03 Å². The highest BCUT2D eigenvalue weighted by Gasteiger charge is 2.25. The Morgan fingerprint density at radius 2 is 1.70 bits per heavy atom. The average Bonchev–Trinajstić information content (AvgIpc) is 3.23. The molecule has 0 aromatic heterocycles. The first kappa shape index (κ1) is 18.6. The molecule has 0 saturated carbocycles. The molecule has 3 saturated heterocycles. The van der Waals surface area contributed by atoms with Crippen LogP contribution in [0.15, 0.2) is 24.3 Å². The lowest BCUT2D eigenvalue weighted by Gasteiger charge is -2.35. The van der Waals surface area contributed by atoms with Gasteiger partial charge in [0.1, 0.15) is 0 Å². The highest BCUT2D eigenvalue weighted by Crippen LogP contribution is 2.22. The molecule has 0 bridgehead atoms. The van der Waals surface area contributed by atoms with Gasteiger partial charge in [-0.25, -0.2) is 4.79 Å². The van der Waals surface area contributed by atoms with Gasteiger partial charge in [0.15, 0.2) is 0 Å². The highest BCUT2D eigenvalue weighted by molar-refractivity contribution is 5.89. The number of rotatable bonds is 4. The minimum atomic E-state index is 0.0116. The second kappa shape index (κ2) is 8.93. The first-order valence-corrected chi connectivity index (χ1v) is 10.5. The van der Waals surface area contributed by atoms with E-state index in [1.807, 2.05) is 17.0 Å². The maximum absolute atomic E-state index is 12.6. The highest BCUT2D eigenvalue weighted by atomic mass is 16.5. The number of ether oxygens (including phenoxy) is 1. The molecule has 3 aliphatic rings. The third-order valence-corrected chi connectivity index (χ3v) is 5.99. The molecule has 4 rings (SSSR count). The summed E-state index contributed by atoms with van der Waals surface area (Å²) in [6.45, 7) is 7.62. The van der Waals surface area contributed by atoms with Gasteiger partial charge in [-0.05, 0) is 56.4 Å². The predicted molar refractivity (Wildman–Crippen MR) is 109 cm³/mol. The minimum Gasteiger partial charge on any atom is -0.377 e. The van der Waals surface area contributed by atoms with E-state index in [1.54, 1.807) is 0 Å². The monoisotopic (exact) mass is 372 g/mol. The van der Waals surface area contributed by atoms with Crippen molar-refractivity contribution in [1.82, 2.24) is 9.80 Å². The van der Waals surface area contributed by atoms with Crippen LogP contribution >= 0.6 is 0 Å². The van der Waals surface area contributed by atoms with Gasteiger partial charge in [-0.3, -0.25) is 4.90 Å². The van der Waals surface area contributed by atoms with Gasteiger partial charge < -0.3 is 19.9 Å². The van der Waals surface area contributed by atoms with Crippen LogP contribution in [0, 0.1) is 0 Å². The van der Waals surface area contributed by atoms with Gasteiger partial charge in [-0.15, -0.1) is 0 Å². The van der Waals surface area contributed by atoms with Crippen LogP contribution in [0.4, 0.5) is 16.2 Å². The van der Waals surface area contributed by atoms with E-state index < -0.39 is 0 Å². The minimum absolute atomic E-state index is 0.0116. The van der Waals surface area contributed by atoms with E-state index >= 15 is 0 Å². The van der Waals surface area contributed by atoms with E-state index in [2.05, 4.69) is 27.2 Å². The summed E-state index contributed by atoms with van der Waals surface area (Å²) >= 11 is 0. The first-order chi connectivity index (χ1) is 13.3. The maximum Gasteiger partial charge on any atom is 0.321 e. The summed E-state index contributed by atoms with van der Waals surface area (Å²) in [7, 11) is 0. The molecule has 27 heavy (non-hydrogen) atoms. The lowest BCUT2D eigenvalue weighted by molar-refractivity contribution is 0.0572. The van der Waals surface area contributed by atoms with Crippen LogP contribution in [-0.4, -0.2) is 74.4 Å². The van der Waals surface area contributed by atoms with Gasteiger partial charge >= 0.3 is 6.03 Å². The molecule has 3 fully saturated rings. The van der Waals surface area contributed by atoms with Crippen LogP contribution in [0.25, 0.3) is 0 Å². The molecule has 3 aliphatic heterocycles. The van der Waals surface area contributed by atoms with Gasteiger partial charge in [0, 0.05) is 63.8 Å². The molecule has 1 N–H and O–H groups in total. The predicted octanol–water partition coefficient (Wildman–Crippen LogP) is 3.01. The number of amides is 2. The molecule has 1 aromatic rings. The molecule has 0 aliphatic carbocycles. The number of nitrogens with zero attached hydrogens (tertiary/aromatic N) is 3. The second-order valence-corrected chi connectivity index (χ2v) is 7.95. The molecule has 0 radical (unpaired) electrons. The van der Waals surface area contributed by atoms with Gasteiger partial charge in [-0.2, -0.15) is 0 Å². The van der Waals surface area contributed by atoms with Crippen molar-refractivity contribution < 1.29 is 9.53 Å². The fourth-order valence-corrected chi connectivity index (χ4v) is 4.32. The van der Waals surface area contributed by atoms with Crippen LogP contribution in [-0.2, 0) is 4.74 Å². The van der Waals surface area contributed by atoms with E-state index in [1.165, 1.54) is 37.8 Å². The number of anilines is 2. The lowest BCUT2D eigenvalue weighted by atomic mass is 10.1. The molecular weight excluding hydrogens is 340 g/mol. The van der Waals surface area contributed by atoms with Crippen LogP contribution < -0.4 is 10.2 Å². The molecule has 6 heteroatoms. The van der Waals surface area contributed by atoms with E-state index in [9.17, 15) is 4.79 Å². The molecule has 1 unspecified atom stereocenters. The Balaban J connectivity index is 1.23. The number of piperidine rings is 1. The fourth-order valence-electron chi connectivity index (χ4n) is 4.32. The number of carbonyl (C=O) groups excluding carboxylic acids is 1. The third-order valence-electron chi connectivity index (χ3n) is 5.99. The number of hydrogen-bond acceptors (Lipinski definition) is 4. The molecule has 148 valence electrons. The summed E-state index contributed by atoms with van der Waals surface area (Å²) in [4.78, 5) is 19.3. The first-order valence-electron chi connectivity index (χ1n) is 10.5. The molecule has 3 heterocycles. The molecular formula is C21H32N4O2. The number of benzene rings is 1. The summed E-state index contributed by atoms with van der Waals surface area (Å²) in [5.41, 5.74) is 2.14. The van der Waals surface area contributed by atoms with Crippen molar-refractivity contribution in [3.05, 3.63) is 24.3 Å². The Hall–Kier alpha value is -1.79. The SMILES string of the molecule is O=C(Nc1ccc(N2CCCCC2)cc1)N1CCN(CC2CCCO2)CC1. The number of piperazine rings is 1. The van der Waals surface area contributed by atoms with Crippen molar-refractivity contribution in [3.63, 3.8) is 0 Å². The normalized spacial score (nSPS) is 24.2. The number of carbonyl (C=O) groups is 1. The average molecular weight is 373 g/mol. The van der Waals surface area contributed by atoms with Crippen LogP contribution in [0.5, 0.6) is 0 Å². The van der Waals surface area contributed by atoms with Crippen molar-refractivity contribution in [2.75, 3.05) is 62.6 Å². The van der Waals surface area contributed by atoms with Gasteiger partial charge in [0.2, 0.25) is 0 Å². The smallest absolute Gasteiger partial charge is 0.321 e. The molecule has 0 spiro atoms. The summed E-state index contributed by atoms with van der Waals surface area (Å²) in [5, 5.41) is 3.05. The molecule has 2 amide bonds. The van der Waals surface area contributed by atoms with Gasteiger partial charge in [-0.1, -0.05) is 0 Å². The lowest BCUT2D eigenvalue weighted by Crippen LogP contribution is -2.51. The van der Waals surface area contributed by atoms with Crippen molar-refractivity contribution in [1.29, 1.82) is 0 Å². The number of nitrogens with one attached hydrogen (secondary N) is 1. The van der Waals surface area contributed by atoms with Gasteiger partial charge in [0.05, 0.1) is 6.10 Å². The zero-order chi connectivity index (χ0) is 18.5. The van der Waals surface area contributed by atoms with E-state index in [4.69, 9.17) is 4.74 Å². The Labute approximate surface area is 162 Å². The maximum atomic E-state index is 12.6.